The summed E-state index contributed by atoms with van der Waals surface area (Å²) in [4.78, 5) is 16.2. The molecule has 0 unspecified atom stereocenters. The number of rotatable bonds is 5. The molecule has 0 atom stereocenters. The number of sulfone groups is 1. The molecule has 0 aliphatic rings. The number of carbonyl (C=O) groups is 1. The standard InChI is InChI=1S/C14H15NO3S/c1-19(17,18)10-4-7-13(16)14-12-6-3-2-5-11(12)8-9-15-14/h2-3,5-6,8-9H,4,7,10H2,1H3. The molecule has 0 N–H and O–H groups in total. The summed E-state index contributed by atoms with van der Waals surface area (Å²) >= 11 is 0. The number of aromatic nitrogens is 1. The van der Waals surface area contributed by atoms with E-state index in [1.165, 1.54) is 6.26 Å². The number of pyridine rings is 1. The van der Waals surface area contributed by atoms with Crippen molar-refractivity contribution in [2.45, 2.75) is 12.8 Å². The van der Waals surface area contributed by atoms with Crippen LogP contribution in [-0.4, -0.2) is 31.2 Å². The lowest BCUT2D eigenvalue weighted by Crippen LogP contribution is -2.08. The second-order valence-electron chi connectivity index (χ2n) is 4.54. The SMILES string of the molecule is CS(=O)(=O)CCCC(=O)c1nccc2ccccc12. The van der Waals surface area contributed by atoms with Gasteiger partial charge in [-0.25, -0.2) is 8.42 Å². The highest BCUT2D eigenvalue weighted by Gasteiger charge is 2.12. The Bertz CT molecular complexity index is 702. The monoisotopic (exact) mass is 277 g/mol. The first-order valence-electron chi connectivity index (χ1n) is 6.02. The van der Waals surface area contributed by atoms with Crippen LogP contribution in [0.5, 0.6) is 0 Å². The fourth-order valence-corrected chi connectivity index (χ4v) is 2.62. The van der Waals surface area contributed by atoms with Gasteiger partial charge in [0.2, 0.25) is 0 Å². The molecule has 0 spiro atoms. The van der Waals surface area contributed by atoms with Crippen molar-refractivity contribution in [3.05, 3.63) is 42.2 Å². The van der Waals surface area contributed by atoms with Gasteiger partial charge in [-0.2, -0.15) is 0 Å². The molecule has 0 aliphatic heterocycles. The lowest BCUT2D eigenvalue weighted by molar-refractivity contribution is 0.0979. The predicted octanol–water partition coefficient (Wildman–Crippen LogP) is 2.24. The van der Waals surface area contributed by atoms with E-state index in [4.69, 9.17) is 0 Å². The molecule has 2 rings (SSSR count). The average Bonchev–Trinajstić information content (AvgIpc) is 2.36. The first-order valence-corrected chi connectivity index (χ1v) is 8.08. The maximum absolute atomic E-state index is 12.1. The van der Waals surface area contributed by atoms with Crippen molar-refractivity contribution < 1.29 is 13.2 Å². The molecule has 0 aliphatic carbocycles. The number of benzene rings is 1. The number of hydrogen-bond acceptors (Lipinski definition) is 4. The van der Waals surface area contributed by atoms with Gasteiger partial charge in [0.1, 0.15) is 15.5 Å². The van der Waals surface area contributed by atoms with E-state index < -0.39 is 9.84 Å². The molecule has 1 aromatic carbocycles. The molecule has 5 heteroatoms. The van der Waals surface area contributed by atoms with Crippen LogP contribution in [0.15, 0.2) is 36.5 Å². The van der Waals surface area contributed by atoms with Crippen molar-refractivity contribution in [3.63, 3.8) is 0 Å². The summed E-state index contributed by atoms with van der Waals surface area (Å²) in [5, 5.41) is 1.78. The van der Waals surface area contributed by atoms with Gasteiger partial charge in [0, 0.05) is 24.3 Å². The van der Waals surface area contributed by atoms with Crippen molar-refractivity contribution in [1.29, 1.82) is 0 Å². The van der Waals surface area contributed by atoms with Crippen molar-refractivity contribution in [2.24, 2.45) is 0 Å². The summed E-state index contributed by atoms with van der Waals surface area (Å²) in [6, 6.07) is 9.39. The molecular formula is C14H15NO3S. The third kappa shape index (κ3) is 3.61. The minimum atomic E-state index is -3.02. The van der Waals surface area contributed by atoms with E-state index in [1.54, 1.807) is 6.20 Å². The second kappa shape index (κ2) is 5.48. The van der Waals surface area contributed by atoms with Gasteiger partial charge in [0.15, 0.2) is 5.78 Å². The average molecular weight is 277 g/mol. The molecule has 0 saturated heterocycles. The minimum absolute atomic E-state index is 0.0313. The Hall–Kier alpha value is -1.75. The fraction of sp³-hybridized carbons (Fsp3) is 0.286. The molecule has 2 aromatic rings. The lowest BCUT2D eigenvalue weighted by atomic mass is 10.1. The largest absolute Gasteiger partial charge is 0.292 e. The van der Waals surface area contributed by atoms with Gasteiger partial charge < -0.3 is 0 Å². The maximum atomic E-state index is 12.1. The number of hydrogen-bond donors (Lipinski definition) is 0. The molecule has 1 heterocycles. The van der Waals surface area contributed by atoms with Gasteiger partial charge in [0.05, 0.1) is 5.75 Å². The predicted molar refractivity (Wildman–Crippen MR) is 75.0 cm³/mol. The van der Waals surface area contributed by atoms with E-state index in [2.05, 4.69) is 4.98 Å². The third-order valence-corrected chi connectivity index (χ3v) is 3.89. The topological polar surface area (TPSA) is 64.1 Å². The van der Waals surface area contributed by atoms with E-state index in [0.29, 0.717) is 12.1 Å². The number of carbonyl (C=O) groups excluding carboxylic acids is 1. The smallest absolute Gasteiger partial charge is 0.181 e. The fourth-order valence-electron chi connectivity index (χ4n) is 1.96. The van der Waals surface area contributed by atoms with Gasteiger partial charge >= 0.3 is 0 Å². The highest BCUT2D eigenvalue weighted by molar-refractivity contribution is 7.90. The van der Waals surface area contributed by atoms with Gasteiger partial charge in [-0.1, -0.05) is 24.3 Å². The number of Topliss-reactive ketones (excluding diaryl/α,β-unsaturated/α-hetero) is 1. The number of ketones is 1. The van der Waals surface area contributed by atoms with Crippen molar-refractivity contribution in [1.82, 2.24) is 4.98 Å². The summed E-state index contributed by atoms with van der Waals surface area (Å²) in [6.45, 7) is 0. The highest BCUT2D eigenvalue weighted by atomic mass is 32.2. The van der Waals surface area contributed by atoms with Crippen molar-refractivity contribution in [3.8, 4) is 0 Å². The summed E-state index contributed by atoms with van der Waals surface area (Å²) in [7, 11) is -3.02. The summed E-state index contributed by atoms with van der Waals surface area (Å²) in [6.07, 6.45) is 3.32. The Morgan fingerprint density at radius 3 is 2.68 bits per heavy atom. The van der Waals surface area contributed by atoms with Crippen LogP contribution in [0.25, 0.3) is 10.8 Å². The number of fused-ring (bicyclic) bond motifs is 1. The van der Waals surface area contributed by atoms with E-state index >= 15 is 0 Å². The van der Waals surface area contributed by atoms with Crippen LogP contribution in [0.3, 0.4) is 0 Å². The van der Waals surface area contributed by atoms with E-state index in [9.17, 15) is 13.2 Å². The Morgan fingerprint density at radius 1 is 1.21 bits per heavy atom. The summed E-state index contributed by atoms with van der Waals surface area (Å²) < 4.78 is 22.1. The Kier molecular flexibility index (Phi) is 3.95. The van der Waals surface area contributed by atoms with Crippen molar-refractivity contribution in [2.75, 3.05) is 12.0 Å². The first kappa shape index (κ1) is 13.7. The normalized spacial score (nSPS) is 11.6. The summed E-state index contributed by atoms with van der Waals surface area (Å²) in [5.41, 5.74) is 0.423. The first-order chi connectivity index (χ1) is 8.97. The molecule has 0 amide bonds. The van der Waals surface area contributed by atoms with Crippen molar-refractivity contribution >= 4 is 26.4 Å². The quantitative estimate of drug-likeness (QED) is 0.786. The minimum Gasteiger partial charge on any atom is -0.292 e. The molecule has 100 valence electrons. The lowest BCUT2D eigenvalue weighted by Gasteiger charge is -2.04. The Balaban J connectivity index is 2.18. The van der Waals surface area contributed by atoms with Gasteiger partial charge in [-0.3, -0.25) is 9.78 Å². The Labute approximate surface area is 112 Å². The van der Waals surface area contributed by atoms with Gasteiger partial charge in [-0.15, -0.1) is 0 Å². The molecular weight excluding hydrogens is 262 g/mol. The van der Waals surface area contributed by atoms with Crippen LogP contribution < -0.4 is 0 Å². The Morgan fingerprint density at radius 2 is 1.95 bits per heavy atom. The second-order valence-corrected chi connectivity index (χ2v) is 6.80. The molecule has 4 nitrogen and oxygen atoms in total. The zero-order valence-corrected chi connectivity index (χ0v) is 11.5. The molecule has 0 fully saturated rings. The van der Waals surface area contributed by atoms with Crippen LogP contribution in [0.4, 0.5) is 0 Å². The zero-order chi connectivity index (χ0) is 13.9. The molecule has 0 radical (unpaired) electrons. The van der Waals surface area contributed by atoms with Gasteiger partial charge in [-0.05, 0) is 17.9 Å². The van der Waals surface area contributed by atoms with Crippen LogP contribution >= 0.6 is 0 Å². The number of nitrogens with zero attached hydrogens (tertiary/aromatic N) is 1. The van der Waals surface area contributed by atoms with E-state index in [-0.39, 0.29) is 18.0 Å². The maximum Gasteiger partial charge on any atom is 0.181 e. The van der Waals surface area contributed by atoms with Crippen LogP contribution in [0.1, 0.15) is 23.3 Å². The molecule has 1 aromatic heterocycles. The molecule has 0 saturated carbocycles. The third-order valence-electron chi connectivity index (χ3n) is 2.86. The zero-order valence-electron chi connectivity index (χ0n) is 10.7. The van der Waals surface area contributed by atoms with Crippen LogP contribution in [-0.2, 0) is 9.84 Å². The molecule has 0 bridgehead atoms. The van der Waals surface area contributed by atoms with Crippen LogP contribution in [0, 0.1) is 0 Å². The van der Waals surface area contributed by atoms with Gasteiger partial charge in [0.25, 0.3) is 0 Å². The molecule has 19 heavy (non-hydrogen) atoms. The van der Waals surface area contributed by atoms with Crippen LogP contribution in [0.2, 0.25) is 0 Å². The van der Waals surface area contributed by atoms with E-state index in [0.717, 1.165) is 10.8 Å². The van der Waals surface area contributed by atoms with E-state index in [1.807, 2.05) is 30.3 Å². The highest BCUT2D eigenvalue weighted by Crippen LogP contribution is 2.18. The summed E-state index contributed by atoms with van der Waals surface area (Å²) in [5.74, 6) is -0.0794.